The summed E-state index contributed by atoms with van der Waals surface area (Å²) in [6.45, 7) is 3.12. The van der Waals surface area contributed by atoms with Crippen molar-refractivity contribution in [1.29, 1.82) is 0 Å². The number of hydrogen-bond acceptors (Lipinski definition) is 3. The lowest BCUT2D eigenvalue weighted by atomic mass is 10.2. The van der Waals surface area contributed by atoms with E-state index in [2.05, 4.69) is 15.6 Å². The van der Waals surface area contributed by atoms with E-state index < -0.39 is 0 Å². The number of halogens is 1. The van der Waals surface area contributed by atoms with Crippen LogP contribution >= 0.6 is 0 Å². The second-order valence-corrected chi connectivity index (χ2v) is 5.52. The lowest BCUT2D eigenvalue weighted by Gasteiger charge is -2.15. The molecule has 1 fully saturated rings. The molecule has 1 aliphatic rings. The van der Waals surface area contributed by atoms with Crippen molar-refractivity contribution >= 4 is 5.96 Å². The molecule has 23 heavy (non-hydrogen) atoms. The number of unbranched alkanes of at least 4 members (excludes halogenated alkanes) is 1. The molecule has 5 nitrogen and oxygen atoms in total. The molecule has 2 rings (SSSR count). The second-order valence-electron chi connectivity index (χ2n) is 5.52. The highest BCUT2D eigenvalue weighted by Gasteiger charge is 2.15. The lowest BCUT2D eigenvalue weighted by molar-refractivity contribution is 0.114. The maximum atomic E-state index is 12.8. The van der Waals surface area contributed by atoms with Crippen molar-refractivity contribution in [2.75, 3.05) is 33.4 Å². The minimum atomic E-state index is -0.247. The van der Waals surface area contributed by atoms with E-state index in [4.69, 9.17) is 9.47 Å². The van der Waals surface area contributed by atoms with Gasteiger partial charge in [0.1, 0.15) is 11.6 Å². The molecule has 0 amide bonds. The van der Waals surface area contributed by atoms with Crippen LogP contribution in [0.5, 0.6) is 5.75 Å². The number of nitrogens with one attached hydrogen (secondary N) is 2. The lowest BCUT2D eigenvalue weighted by Crippen LogP contribution is -2.41. The Morgan fingerprint density at radius 1 is 1.30 bits per heavy atom. The average Bonchev–Trinajstić information content (AvgIpc) is 3.08. The number of nitrogens with zero attached hydrogens (tertiary/aromatic N) is 1. The molecule has 0 bridgehead atoms. The summed E-state index contributed by atoms with van der Waals surface area (Å²) in [5, 5.41) is 6.56. The third-order valence-electron chi connectivity index (χ3n) is 3.69. The maximum Gasteiger partial charge on any atom is 0.191 e. The summed E-state index contributed by atoms with van der Waals surface area (Å²) >= 11 is 0. The van der Waals surface area contributed by atoms with E-state index in [1.807, 2.05) is 0 Å². The van der Waals surface area contributed by atoms with E-state index >= 15 is 0 Å². The van der Waals surface area contributed by atoms with E-state index in [-0.39, 0.29) is 5.82 Å². The first-order valence-electron chi connectivity index (χ1n) is 8.22. The quantitative estimate of drug-likeness (QED) is 0.438. The zero-order chi connectivity index (χ0) is 16.3. The first-order valence-corrected chi connectivity index (χ1v) is 8.22. The Balaban J connectivity index is 1.50. The Bertz CT molecular complexity index is 473. The van der Waals surface area contributed by atoms with Crippen molar-refractivity contribution in [1.82, 2.24) is 10.6 Å². The number of benzene rings is 1. The minimum Gasteiger partial charge on any atom is -0.494 e. The van der Waals surface area contributed by atoms with Gasteiger partial charge in [-0.2, -0.15) is 0 Å². The molecular formula is C17H26FN3O2. The topological polar surface area (TPSA) is 54.9 Å². The molecule has 6 heteroatoms. The van der Waals surface area contributed by atoms with Gasteiger partial charge in [0.05, 0.1) is 12.7 Å². The van der Waals surface area contributed by atoms with E-state index in [0.29, 0.717) is 18.5 Å². The summed E-state index contributed by atoms with van der Waals surface area (Å²) < 4.78 is 23.9. The van der Waals surface area contributed by atoms with Crippen LogP contribution in [0.1, 0.15) is 25.7 Å². The second kappa shape index (κ2) is 10.0. The fraction of sp³-hybridized carbons (Fsp3) is 0.588. The molecule has 1 unspecified atom stereocenters. The summed E-state index contributed by atoms with van der Waals surface area (Å²) in [6.07, 6.45) is 4.46. The van der Waals surface area contributed by atoms with Gasteiger partial charge in [0.25, 0.3) is 0 Å². The highest BCUT2D eigenvalue weighted by atomic mass is 19.1. The number of ether oxygens (including phenoxy) is 2. The van der Waals surface area contributed by atoms with E-state index in [1.165, 1.54) is 12.1 Å². The summed E-state index contributed by atoms with van der Waals surface area (Å²) in [5.41, 5.74) is 0. The Morgan fingerprint density at radius 3 is 2.83 bits per heavy atom. The van der Waals surface area contributed by atoms with Crippen LogP contribution in [0, 0.1) is 5.82 Å². The van der Waals surface area contributed by atoms with E-state index in [0.717, 1.165) is 51.3 Å². The molecule has 0 spiro atoms. The first-order chi connectivity index (χ1) is 11.3. The highest BCUT2D eigenvalue weighted by Crippen LogP contribution is 2.11. The molecule has 2 N–H and O–H groups in total. The fourth-order valence-corrected chi connectivity index (χ4v) is 2.39. The van der Waals surface area contributed by atoms with Crippen molar-refractivity contribution in [2.45, 2.75) is 31.8 Å². The SMILES string of the molecule is CN=C(NCCCCOc1ccc(F)cc1)NCC1CCCO1. The molecule has 0 aromatic heterocycles. The molecule has 0 aliphatic carbocycles. The predicted molar refractivity (Wildman–Crippen MR) is 89.5 cm³/mol. The van der Waals surface area contributed by atoms with Crippen LogP contribution in [0.2, 0.25) is 0 Å². The van der Waals surface area contributed by atoms with Gasteiger partial charge >= 0.3 is 0 Å². The number of aliphatic imine (C=N–C) groups is 1. The van der Waals surface area contributed by atoms with Crippen LogP contribution in [-0.4, -0.2) is 45.4 Å². The summed E-state index contributed by atoms with van der Waals surface area (Å²) in [7, 11) is 1.77. The standard InChI is InChI=1S/C17H26FN3O2/c1-19-17(21-13-16-5-4-12-23-16)20-10-2-3-11-22-15-8-6-14(18)7-9-15/h6-9,16H,2-5,10-13H2,1H3,(H2,19,20,21). The van der Waals surface area contributed by atoms with E-state index in [9.17, 15) is 4.39 Å². The minimum absolute atomic E-state index is 0.247. The molecule has 1 aliphatic heterocycles. The zero-order valence-electron chi connectivity index (χ0n) is 13.7. The Hall–Kier alpha value is -1.82. The first kappa shape index (κ1) is 17.5. The summed E-state index contributed by atoms with van der Waals surface area (Å²) in [6, 6.07) is 6.09. The van der Waals surface area contributed by atoms with Crippen LogP contribution < -0.4 is 15.4 Å². The number of guanidine groups is 1. The molecule has 1 saturated heterocycles. The molecule has 1 heterocycles. The third-order valence-corrected chi connectivity index (χ3v) is 3.69. The van der Waals surface area contributed by atoms with Crippen LogP contribution in [0.4, 0.5) is 4.39 Å². The molecule has 1 atom stereocenters. The van der Waals surface area contributed by atoms with Gasteiger partial charge in [-0.15, -0.1) is 0 Å². The number of rotatable bonds is 8. The van der Waals surface area contributed by atoms with Crippen LogP contribution in [0.3, 0.4) is 0 Å². The largest absolute Gasteiger partial charge is 0.494 e. The van der Waals surface area contributed by atoms with Gasteiger partial charge < -0.3 is 20.1 Å². The van der Waals surface area contributed by atoms with E-state index in [1.54, 1.807) is 19.2 Å². The van der Waals surface area contributed by atoms with Gasteiger partial charge in [-0.05, 0) is 49.9 Å². The van der Waals surface area contributed by atoms with Gasteiger partial charge in [0, 0.05) is 26.7 Å². The van der Waals surface area contributed by atoms with Crippen molar-refractivity contribution in [3.8, 4) is 5.75 Å². The van der Waals surface area contributed by atoms with Crippen LogP contribution in [0.15, 0.2) is 29.3 Å². The highest BCUT2D eigenvalue weighted by molar-refractivity contribution is 5.79. The fourth-order valence-electron chi connectivity index (χ4n) is 2.39. The molecule has 1 aromatic rings. The van der Waals surface area contributed by atoms with Crippen LogP contribution in [-0.2, 0) is 4.74 Å². The average molecular weight is 323 g/mol. The van der Waals surface area contributed by atoms with Crippen LogP contribution in [0.25, 0.3) is 0 Å². The normalized spacial score (nSPS) is 18.0. The monoisotopic (exact) mass is 323 g/mol. The third kappa shape index (κ3) is 6.86. The number of hydrogen-bond donors (Lipinski definition) is 2. The smallest absolute Gasteiger partial charge is 0.191 e. The molecule has 128 valence electrons. The maximum absolute atomic E-state index is 12.8. The zero-order valence-corrected chi connectivity index (χ0v) is 13.7. The van der Waals surface area contributed by atoms with Gasteiger partial charge in [0.15, 0.2) is 5.96 Å². The molecule has 1 aromatic carbocycles. The van der Waals surface area contributed by atoms with Gasteiger partial charge in [0.2, 0.25) is 0 Å². The molecule has 0 saturated carbocycles. The Labute approximate surface area is 137 Å². The predicted octanol–water partition coefficient (Wildman–Crippen LogP) is 2.33. The molecular weight excluding hydrogens is 297 g/mol. The Kier molecular flexibility index (Phi) is 7.66. The summed E-state index contributed by atoms with van der Waals surface area (Å²) in [4.78, 5) is 4.19. The van der Waals surface area contributed by atoms with Gasteiger partial charge in [-0.25, -0.2) is 4.39 Å². The van der Waals surface area contributed by atoms with Gasteiger partial charge in [-0.3, -0.25) is 4.99 Å². The Morgan fingerprint density at radius 2 is 2.13 bits per heavy atom. The van der Waals surface area contributed by atoms with Crippen molar-refractivity contribution in [3.63, 3.8) is 0 Å². The van der Waals surface area contributed by atoms with Crippen molar-refractivity contribution < 1.29 is 13.9 Å². The van der Waals surface area contributed by atoms with Crippen molar-refractivity contribution in [3.05, 3.63) is 30.1 Å². The summed E-state index contributed by atoms with van der Waals surface area (Å²) in [5.74, 6) is 1.26. The van der Waals surface area contributed by atoms with Crippen molar-refractivity contribution in [2.24, 2.45) is 4.99 Å². The van der Waals surface area contributed by atoms with Gasteiger partial charge in [-0.1, -0.05) is 0 Å². The molecule has 0 radical (unpaired) electrons.